The van der Waals surface area contributed by atoms with Crippen LogP contribution in [0.4, 0.5) is 0 Å². The number of ether oxygens (including phenoxy) is 2. The number of methoxy groups -OCH3 is 2. The molecule has 0 bridgehead atoms. The van der Waals surface area contributed by atoms with Crippen molar-refractivity contribution in [1.82, 2.24) is 10.6 Å². The maximum absolute atomic E-state index is 12.4. The monoisotopic (exact) mass is 430 g/mol. The van der Waals surface area contributed by atoms with E-state index in [1.165, 1.54) is 14.2 Å². The SMILES string of the molecule is COc1ccc(C(=O)NC(=S)NCc2ccc(-c3ccc(Cl)cc3)o2)cc1OC. The number of benzene rings is 2. The molecule has 0 aliphatic rings. The van der Waals surface area contributed by atoms with Gasteiger partial charge in [-0.05, 0) is 66.8 Å². The number of carbonyl (C=O) groups is 1. The van der Waals surface area contributed by atoms with Crippen molar-refractivity contribution in [3.05, 3.63) is 70.9 Å². The molecule has 0 radical (unpaired) electrons. The Kier molecular flexibility index (Phi) is 6.74. The van der Waals surface area contributed by atoms with Crippen molar-refractivity contribution < 1.29 is 18.7 Å². The summed E-state index contributed by atoms with van der Waals surface area (Å²) in [5.41, 5.74) is 1.32. The normalized spacial score (nSPS) is 10.3. The van der Waals surface area contributed by atoms with E-state index in [-0.39, 0.29) is 11.0 Å². The predicted octanol–water partition coefficient (Wildman–Crippen LogP) is 4.42. The summed E-state index contributed by atoms with van der Waals surface area (Å²) in [6, 6.07) is 15.9. The van der Waals surface area contributed by atoms with Gasteiger partial charge >= 0.3 is 0 Å². The molecule has 0 spiro atoms. The summed E-state index contributed by atoms with van der Waals surface area (Å²) in [5, 5.41) is 6.44. The summed E-state index contributed by atoms with van der Waals surface area (Å²) in [4.78, 5) is 12.4. The van der Waals surface area contributed by atoms with Crippen LogP contribution in [-0.2, 0) is 6.54 Å². The zero-order valence-corrected chi connectivity index (χ0v) is 17.4. The smallest absolute Gasteiger partial charge is 0.257 e. The lowest BCUT2D eigenvalue weighted by Gasteiger charge is -2.11. The summed E-state index contributed by atoms with van der Waals surface area (Å²) in [6.45, 7) is 0.332. The fourth-order valence-electron chi connectivity index (χ4n) is 2.61. The second-order valence-corrected chi connectivity index (χ2v) is 6.82. The van der Waals surface area contributed by atoms with Crippen molar-refractivity contribution in [2.75, 3.05) is 14.2 Å². The highest BCUT2D eigenvalue weighted by Gasteiger charge is 2.12. The molecular weight excluding hydrogens is 412 g/mol. The van der Waals surface area contributed by atoms with Crippen LogP contribution in [-0.4, -0.2) is 25.2 Å². The molecule has 6 nitrogen and oxygen atoms in total. The van der Waals surface area contributed by atoms with Crippen LogP contribution in [0.15, 0.2) is 59.0 Å². The quantitative estimate of drug-likeness (QED) is 0.564. The molecule has 0 fully saturated rings. The average Bonchev–Trinajstić information content (AvgIpc) is 3.21. The second kappa shape index (κ2) is 9.45. The first-order valence-electron chi connectivity index (χ1n) is 8.66. The number of amides is 1. The number of carbonyl (C=O) groups excluding carboxylic acids is 1. The molecule has 0 atom stereocenters. The van der Waals surface area contributed by atoms with Crippen molar-refractivity contribution in [3.63, 3.8) is 0 Å². The maximum atomic E-state index is 12.4. The zero-order chi connectivity index (χ0) is 20.8. The number of rotatable bonds is 6. The van der Waals surface area contributed by atoms with E-state index in [9.17, 15) is 4.79 Å². The largest absolute Gasteiger partial charge is 0.493 e. The van der Waals surface area contributed by atoms with Crippen LogP contribution >= 0.6 is 23.8 Å². The van der Waals surface area contributed by atoms with Crippen LogP contribution in [0.2, 0.25) is 5.02 Å². The van der Waals surface area contributed by atoms with E-state index in [0.717, 1.165) is 11.3 Å². The van der Waals surface area contributed by atoms with Gasteiger partial charge < -0.3 is 19.2 Å². The summed E-state index contributed by atoms with van der Waals surface area (Å²) in [7, 11) is 3.04. The van der Waals surface area contributed by atoms with Gasteiger partial charge in [-0.2, -0.15) is 0 Å². The minimum Gasteiger partial charge on any atom is -0.493 e. The molecule has 1 aromatic heterocycles. The summed E-state index contributed by atoms with van der Waals surface area (Å²) in [5.74, 6) is 2.05. The molecule has 0 aliphatic heterocycles. The van der Waals surface area contributed by atoms with Crippen molar-refractivity contribution >= 4 is 34.8 Å². The molecule has 2 N–H and O–H groups in total. The van der Waals surface area contributed by atoms with Gasteiger partial charge in [-0.3, -0.25) is 10.1 Å². The van der Waals surface area contributed by atoms with Crippen molar-refractivity contribution in [2.45, 2.75) is 6.54 Å². The zero-order valence-electron chi connectivity index (χ0n) is 15.8. The molecule has 0 aliphatic carbocycles. The molecule has 0 unspecified atom stereocenters. The fourth-order valence-corrected chi connectivity index (χ4v) is 2.90. The Labute approximate surface area is 178 Å². The van der Waals surface area contributed by atoms with E-state index in [1.54, 1.807) is 30.3 Å². The lowest BCUT2D eigenvalue weighted by molar-refractivity contribution is 0.0976. The third kappa shape index (κ3) is 5.28. The Morgan fingerprint density at radius 1 is 1.03 bits per heavy atom. The molecule has 29 heavy (non-hydrogen) atoms. The summed E-state index contributed by atoms with van der Waals surface area (Å²) >= 11 is 11.1. The second-order valence-electron chi connectivity index (χ2n) is 5.98. The van der Waals surface area contributed by atoms with E-state index in [1.807, 2.05) is 24.3 Å². The molecule has 0 saturated carbocycles. The van der Waals surface area contributed by atoms with Gasteiger partial charge in [0.2, 0.25) is 0 Å². The number of furan rings is 1. The molecule has 150 valence electrons. The summed E-state index contributed by atoms with van der Waals surface area (Å²) < 4.78 is 16.2. The van der Waals surface area contributed by atoms with E-state index >= 15 is 0 Å². The van der Waals surface area contributed by atoms with Crippen LogP contribution in [0.5, 0.6) is 11.5 Å². The van der Waals surface area contributed by atoms with Gasteiger partial charge in [-0.1, -0.05) is 11.6 Å². The van der Waals surface area contributed by atoms with Crippen LogP contribution in [0.3, 0.4) is 0 Å². The number of thiocarbonyl (C=S) groups is 1. The average molecular weight is 431 g/mol. The molecule has 1 heterocycles. The first kappa shape index (κ1) is 20.7. The third-order valence-corrected chi connectivity index (χ3v) is 4.58. The lowest BCUT2D eigenvalue weighted by Crippen LogP contribution is -2.38. The molecule has 1 amide bonds. The first-order chi connectivity index (χ1) is 14.0. The van der Waals surface area contributed by atoms with Gasteiger partial charge in [0.15, 0.2) is 16.6 Å². The van der Waals surface area contributed by atoms with Gasteiger partial charge in [0.25, 0.3) is 5.91 Å². The fraction of sp³-hybridized carbons (Fsp3) is 0.143. The number of hydrogen-bond acceptors (Lipinski definition) is 5. The van der Waals surface area contributed by atoms with Crippen LogP contribution < -0.4 is 20.1 Å². The van der Waals surface area contributed by atoms with Crippen molar-refractivity contribution in [3.8, 4) is 22.8 Å². The highest BCUT2D eigenvalue weighted by molar-refractivity contribution is 7.80. The Bertz CT molecular complexity index is 1020. The van der Waals surface area contributed by atoms with Gasteiger partial charge in [-0.25, -0.2) is 0 Å². The Morgan fingerprint density at radius 3 is 2.45 bits per heavy atom. The van der Waals surface area contributed by atoms with Gasteiger partial charge in [0.1, 0.15) is 11.5 Å². The van der Waals surface area contributed by atoms with E-state index in [4.69, 9.17) is 37.7 Å². The first-order valence-corrected chi connectivity index (χ1v) is 9.44. The maximum Gasteiger partial charge on any atom is 0.257 e. The van der Waals surface area contributed by atoms with E-state index in [2.05, 4.69) is 10.6 Å². The molecular formula is C21H19ClN2O4S. The van der Waals surface area contributed by atoms with Crippen molar-refractivity contribution in [2.24, 2.45) is 0 Å². The lowest BCUT2D eigenvalue weighted by atomic mass is 10.2. The minimum absolute atomic E-state index is 0.189. The highest BCUT2D eigenvalue weighted by Crippen LogP contribution is 2.27. The van der Waals surface area contributed by atoms with Crippen LogP contribution in [0.25, 0.3) is 11.3 Å². The molecule has 8 heteroatoms. The van der Waals surface area contributed by atoms with E-state index in [0.29, 0.717) is 34.4 Å². The van der Waals surface area contributed by atoms with E-state index < -0.39 is 0 Å². The Balaban J connectivity index is 1.56. The topological polar surface area (TPSA) is 72.7 Å². The Morgan fingerprint density at radius 2 is 1.76 bits per heavy atom. The van der Waals surface area contributed by atoms with Crippen LogP contribution in [0, 0.1) is 0 Å². The molecule has 3 rings (SSSR count). The van der Waals surface area contributed by atoms with Gasteiger partial charge in [0.05, 0.1) is 20.8 Å². The van der Waals surface area contributed by atoms with Crippen LogP contribution in [0.1, 0.15) is 16.1 Å². The molecule has 3 aromatic rings. The number of halogens is 1. The number of hydrogen-bond donors (Lipinski definition) is 2. The standard InChI is InChI=1S/C21H19ClN2O4S/c1-26-18-9-5-14(11-19(18)27-2)20(25)24-21(29)23-12-16-8-10-17(28-16)13-3-6-15(22)7-4-13/h3-11H,12H2,1-2H3,(H2,23,24,25,29). The highest BCUT2D eigenvalue weighted by atomic mass is 35.5. The predicted molar refractivity (Wildman–Crippen MR) is 116 cm³/mol. The summed E-state index contributed by atoms with van der Waals surface area (Å²) in [6.07, 6.45) is 0. The Hall–Kier alpha value is -3.03. The van der Waals surface area contributed by atoms with Crippen molar-refractivity contribution in [1.29, 1.82) is 0 Å². The third-order valence-electron chi connectivity index (χ3n) is 4.09. The minimum atomic E-state index is -0.357. The van der Waals surface area contributed by atoms with Gasteiger partial charge in [-0.15, -0.1) is 0 Å². The molecule has 0 saturated heterocycles. The van der Waals surface area contributed by atoms with Gasteiger partial charge in [0, 0.05) is 16.1 Å². The number of nitrogens with one attached hydrogen (secondary N) is 2. The molecule has 2 aromatic carbocycles.